The van der Waals surface area contributed by atoms with Crippen molar-refractivity contribution >= 4 is 10.0 Å². The highest BCUT2D eigenvalue weighted by atomic mass is 32.2. The smallest absolute Gasteiger partial charge is 0.238 e. The Kier molecular flexibility index (Phi) is 3.36. The molecule has 0 atom stereocenters. The van der Waals surface area contributed by atoms with Gasteiger partial charge < -0.3 is 4.74 Å². The summed E-state index contributed by atoms with van der Waals surface area (Å²) in [7, 11) is -3.73. The maximum absolute atomic E-state index is 11.4. The van der Waals surface area contributed by atoms with Crippen molar-refractivity contribution in [2.75, 3.05) is 0 Å². The fourth-order valence-corrected chi connectivity index (χ4v) is 2.42. The number of benzene rings is 2. The number of hydrogen-bond donors (Lipinski definition) is 1. The molecule has 0 aliphatic carbocycles. The molecule has 0 saturated heterocycles. The third-order valence-electron chi connectivity index (χ3n) is 2.51. The molecule has 94 valence electrons. The van der Waals surface area contributed by atoms with Crippen LogP contribution in [0.15, 0.2) is 53.4 Å². The second-order valence-electron chi connectivity index (χ2n) is 3.84. The van der Waals surface area contributed by atoms with Crippen LogP contribution in [0.25, 0.3) is 0 Å². The Bertz CT molecular complexity index is 651. The van der Waals surface area contributed by atoms with Gasteiger partial charge in [0.25, 0.3) is 0 Å². The number of sulfonamides is 1. The minimum Gasteiger partial charge on any atom is -0.457 e. The second kappa shape index (κ2) is 4.80. The summed E-state index contributed by atoms with van der Waals surface area (Å²) >= 11 is 0. The van der Waals surface area contributed by atoms with Crippen LogP contribution in [0.2, 0.25) is 0 Å². The standard InChI is InChI=1S/C13H13NO3S/c1-10-12(17-11-6-3-2-4-7-11)8-5-9-13(10)18(14,15)16/h2-9H,1H3,(H2,14,15,16). The molecule has 0 fully saturated rings. The molecule has 0 aliphatic heterocycles. The van der Waals surface area contributed by atoms with Crippen LogP contribution in [0.5, 0.6) is 11.5 Å². The van der Waals surface area contributed by atoms with Crippen LogP contribution in [0.1, 0.15) is 5.56 Å². The van der Waals surface area contributed by atoms with Crippen LogP contribution in [-0.2, 0) is 10.0 Å². The third kappa shape index (κ3) is 2.69. The number of rotatable bonds is 3. The third-order valence-corrected chi connectivity index (χ3v) is 3.57. The molecule has 18 heavy (non-hydrogen) atoms. The molecular weight excluding hydrogens is 250 g/mol. The molecule has 0 spiro atoms. The molecule has 4 nitrogen and oxygen atoms in total. The van der Waals surface area contributed by atoms with Gasteiger partial charge in [-0.3, -0.25) is 0 Å². The summed E-state index contributed by atoms with van der Waals surface area (Å²) in [5.74, 6) is 1.12. The van der Waals surface area contributed by atoms with Gasteiger partial charge in [-0.25, -0.2) is 13.6 Å². The van der Waals surface area contributed by atoms with Crippen molar-refractivity contribution in [3.05, 3.63) is 54.1 Å². The first-order chi connectivity index (χ1) is 8.48. The highest BCUT2D eigenvalue weighted by Gasteiger charge is 2.14. The van der Waals surface area contributed by atoms with Gasteiger partial charge in [-0.2, -0.15) is 0 Å². The Morgan fingerprint density at radius 2 is 1.67 bits per heavy atom. The van der Waals surface area contributed by atoms with Crippen LogP contribution < -0.4 is 9.88 Å². The molecule has 0 heterocycles. The summed E-state index contributed by atoms with van der Waals surface area (Å²) in [6, 6.07) is 13.9. The van der Waals surface area contributed by atoms with Crippen molar-refractivity contribution in [2.45, 2.75) is 11.8 Å². The average molecular weight is 263 g/mol. The van der Waals surface area contributed by atoms with E-state index >= 15 is 0 Å². The van der Waals surface area contributed by atoms with Crippen molar-refractivity contribution in [3.8, 4) is 11.5 Å². The summed E-state index contributed by atoms with van der Waals surface area (Å²) in [6.07, 6.45) is 0. The van der Waals surface area contributed by atoms with Gasteiger partial charge in [-0.05, 0) is 31.2 Å². The number of nitrogens with two attached hydrogens (primary N) is 1. The van der Waals surface area contributed by atoms with E-state index in [2.05, 4.69) is 0 Å². The summed E-state index contributed by atoms with van der Waals surface area (Å²) in [5, 5.41) is 5.14. The molecule has 0 bridgehead atoms. The lowest BCUT2D eigenvalue weighted by Gasteiger charge is -2.11. The molecule has 2 aromatic carbocycles. The molecule has 5 heteroatoms. The Morgan fingerprint density at radius 3 is 2.28 bits per heavy atom. The van der Waals surface area contributed by atoms with Crippen LogP contribution in [0, 0.1) is 6.92 Å². The zero-order valence-electron chi connectivity index (χ0n) is 9.83. The van der Waals surface area contributed by atoms with Crippen LogP contribution in [0.4, 0.5) is 0 Å². The van der Waals surface area contributed by atoms with E-state index in [1.54, 1.807) is 31.2 Å². The van der Waals surface area contributed by atoms with Gasteiger partial charge in [0.1, 0.15) is 11.5 Å². The van der Waals surface area contributed by atoms with Gasteiger partial charge in [0.15, 0.2) is 0 Å². The number of para-hydroxylation sites is 1. The lowest BCUT2D eigenvalue weighted by molar-refractivity contribution is 0.476. The number of primary sulfonamides is 1. The molecular formula is C13H13NO3S. The van der Waals surface area contributed by atoms with Crippen molar-refractivity contribution in [2.24, 2.45) is 5.14 Å². The van der Waals surface area contributed by atoms with E-state index in [4.69, 9.17) is 9.88 Å². The highest BCUT2D eigenvalue weighted by molar-refractivity contribution is 7.89. The molecule has 2 N–H and O–H groups in total. The van der Waals surface area contributed by atoms with Gasteiger partial charge in [-0.15, -0.1) is 0 Å². The first-order valence-corrected chi connectivity index (χ1v) is 6.88. The van der Waals surface area contributed by atoms with Gasteiger partial charge in [0.05, 0.1) is 4.90 Å². The highest BCUT2D eigenvalue weighted by Crippen LogP contribution is 2.28. The van der Waals surface area contributed by atoms with Gasteiger partial charge in [0, 0.05) is 5.56 Å². The number of hydrogen-bond acceptors (Lipinski definition) is 3. The average Bonchev–Trinajstić information content (AvgIpc) is 2.32. The van der Waals surface area contributed by atoms with E-state index in [0.29, 0.717) is 17.1 Å². The normalized spacial score (nSPS) is 11.2. The van der Waals surface area contributed by atoms with E-state index in [1.807, 2.05) is 18.2 Å². The Balaban J connectivity index is 2.42. The largest absolute Gasteiger partial charge is 0.457 e. The van der Waals surface area contributed by atoms with E-state index in [-0.39, 0.29) is 4.90 Å². The van der Waals surface area contributed by atoms with Gasteiger partial charge in [0.2, 0.25) is 10.0 Å². The first-order valence-electron chi connectivity index (χ1n) is 5.34. The molecule has 0 aliphatic rings. The lowest BCUT2D eigenvalue weighted by atomic mass is 10.2. The van der Waals surface area contributed by atoms with Crippen LogP contribution in [-0.4, -0.2) is 8.42 Å². The molecule has 0 unspecified atom stereocenters. The van der Waals surface area contributed by atoms with Gasteiger partial charge >= 0.3 is 0 Å². The van der Waals surface area contributed by atoms with E-state index < -0.39 is 10.0 Å². The predicted octanol–water partition coefficient (Wildman–Crippen LogP) is 2.43. The molecule has 2 rings (SSSR count). The molecule has 0 aromatic heterocycles. The van der Waals surface area contributed by atoms with Crippen molar-refractivity contribution in [1.82, 2.24) is 0 Å². The fourth-order valence-electron chi connectivity index (χ4n) is 1.63. The summed E-state index contributed by atoms with van der Waals surface area (Å²) in [6.45, 7) is 1.66. The van der Waals surface area contributed by atoms with Crippen LogP contribution >= 0.6 is 0 Å². The molecule has 0 saturated carbocycles. The summed E-state index contributed by atoms with van der Waals surface area (Å²) in [4.78, 5) is 0.0796. The first kappa shape index (κ1) is 12.6. The fraction of sp³-hybridized carbons (Fsp3) is 0.0769. The quantitative estimate of drug-likeness (QED) is 0.924. The minimum absolute atomic E-state index is 0.0796. The summed E-state index contributed by atoms with van der Waals surface area (Å²) in [5.41, 5.74) is 0.504. The summed E-state index contributed by atoms with van der Waals surface area (Å²) < 4.78 is 28.4. The lowest BCUT2D eigenvalue weighted by Crippen LogP contribution is -2.13. The SMILES string of the molecule is Cc1c(Oc2ccccc2)cccc1S(N)(=O)=O. The molecule has 0 radical (unpaired) electrons. The maximum atomic E-state index is 11.4. The van der Waals surface area contributed by atoms with Crippen molar-refractivity contribution in [3.63, 3.8) is 0 Å². The van der Waals surface area contributed by atoms with Crippen LogP contribution in [0.3, 0.4) is 0 Å². The Labute approximate surface area is 106 Å². The van der Waals surface area contributed by atoms with E-state index in [9.17, 15) is 8.42 Å². The van der Waals surface area contributed by atoms with Gasteiger partial charge in [-0.1, -0.05) is 24.3 Å². The zero-order chi connectivity index (χ0) is 13.2. The van der Waals surface area contributed by atoms with Crippen molar-refractivity contribution in [1.29, 1.82) is 0 Å². The van der Waals surface area contributed by atoms with E-state index in [0.717, 1.165) is 0 Å². The van der Waals surface area contributed by atoms with Crippen molar-refractivity contribution < 1.29 is 13.2 Å². The maximum Gasteiger partial charge on any atom is 0.238 e. The molecule has 0 amide bonds. The predicted molar refractivity (Wildman–Crippen MR) is 69.1 cm³/mol. The minimum atomic E-state index is -3.73. The zero-order valence-corrected chi connectivity index (χ0v) is 10.6. The topological polar surface area (TPSA) is 69.4 Å². The molecule has 2 aromatic rings. The second-order valence-corrected chi connectivity index (χ2v) is 5.37. The Morgan fingerprint density at radius 1 is 1.00 bits per heavy atom. The Hall–Kier alpha value is -1.85. The number of ether oxygens (including phenoxy) is 1. The monoisotopic (exact) mass is 263 g/mol. The van der Waals surface area contributed by atoms with E-state index in [1.165, 1.54) is 6.07 Å².